The van der Waals surface area contributed by atoms with E-state index in [0.29, 0.717) is 15.9 Å². The number of hydrogen-bond donors (Lipinski definition) is 1. The van der Waals surface area contributed by atoms with E-state index in [-0.39, 0.29) is 23.8 Å². The lowest BCUT2D eigenvalue weighted by Gasteiger charge is -2.09. The Labute approximate surface area is 170 Å². The molecule has 0 aliphatic heterocycles. The van der Waals surface area contributed by atoms with E-state index >= 15 is 0 Å². The highest BCUT2D eigenvalue weighted by Gasteiger charge is 2.14. The van der Waals surface area contributed by atoms with Crippen molar-refractivity contribution in [3.8, 4) is 11.1 Å². The van der Waals surface area contributed by atoms with Crippen molar-refractivity contribution in [1.29, 1.82) is 0 Å². The Bertz CT molecular complexity index is 1280. The highest BCUT2D eigenvalue weighted by molar-refractivity contribution is 7.17. The van der Waals surface area contributed by atoms with Gasteiger partial charge in [-0.1, -0.05) is 18.2 Å². The summed E-state index contributed by atoms with van der Waals surface area (Å²) in [6.07, 6.45) is 1.38. The number of anilines is 1. The molecule has 1 N–H and O–H groups in total. The third-order valence-electron chi connectivity index (χ3n) is 4.81. The molecule has 0 unspecified atom stereocenters. The summed E-state index contributed by atoms with van der Waals surface area (Å²) in [5, 5.41) is 4.64. The van der Waals surface area contributed by atoms with E-state index in [4.69, 9.17) is 0 Å². The summed E-state index contributed by atoms with van der Waals surface area (Å²) in [7, 11) is 0. The lowest BCUT2D eigenvalue weighted by atomic mass is 10.1. The number of amides is 1. The summed E-state index contributed by atoms with van der Waals surface area (Å²) in [6, 6.07) is 11.7. The normalized spacial score (nSPS) is 11.0. The smallest absolute Gasteiger partial charge is 0.271 e. The number of halogens is 1. The number of carbonyl (C=O) groups is 1. The maximum atomic E-state index is 13.2. The second-order valence-corrected chi connectivity index (χ2v) is 7.74. The number of nitrogens with one attached hydrogen (secondary N) is 1. The van der Waals surface area contributed by atoms with Crippen molar-refractivity contribution in [2.75, 3.05) is 5.32 Å². The van der Waals surface area contributed by atoms with Crippen LogP contribution in [0.15, 0.2) is 59.0 Å². The Morgan fingerprint density at radius 1 is 1.14 bits per heavy atom. The van der Waals surface area contributed by atoms with E-state index in [2.05, 4.69) is 10.3 Å². The number of rotatable bonds is 4. The zero-order valence-electron chi connectivity index (χ0n) is 15.9. The van der Waals surface area contributed by atoms with Gasteiger partial charge in [0.1, 0.15) is 17.1 Å². The third kappa shape index (κ3) is 3.82. The summed E-state index contributed by atoms with van der Waals surface area (Å²) in [4.78, 5) is 29.6. The van der Waals surface area contributed by atoms with Gasteiger partial charge in [0.2, 0.25) is 5.91 Å². The standard InChI is InChI=1S/C22H18FN3O2S/c1-13-3-8-17(9-14(13)2)25-19(27)10-26-12-24-20-18(11-29-21(20)22(26)28)15-4-6-16(23)7-5-15/h3-9,11-12H,10H2,1-2H3,(H,25,27). The van der Waals surface area contributed by atoms with Crippen LogP contribution in [0.5, 0.6) is 0 Å². The van der Waals surface area contributed by atoms with Gasteiger partial charge in [-0.2, -0.15) is 0 Å². The van der Waals surface area contributed by atoms with Crippen molar-refractivity contribution in [1.82, 2.24) is 9.55 Å². The minimum Gasteiger partial charge on any atom is -0.325 e. The summed E-state index contributed by atoms with van der Waals surface area (Å²) < 4.78 is 14.9. The van der Waals surface area contributed by atoms with Crippen molar-refractivity contribution in [3.05, 3.63) is 81.5 Å². The number of aromatic nitrogens is 2. The molecular weight excluding hydrogens is 389 g/mol. The van der Waals surface area contributed by atoms with E-state index < -0.39 is 0 Å². The largest absolute Gasteiger partial charge is 0.325 e. The van der Waals surface area contributed by atoms with Crippen LogP contribution in [0.1, 0.15) is 11.1 Å². The average Bonchev–Trinajstić information content (AvgIpc) is 3.12. The first-order chi connectivity index (χ1) is 13.9. The van der Waals surface area contributed by atoms with Crippen LogP contribution in [-0.2, 0) is 11.3 Å². The van der Waals surface area contributed by atoms with Gasteiger partial charge in [-0.3, -0.25) is 14.2 Å². The fraction of sp³-hybridized carbons (Fsp3) is 0.136. The summed E-state index contributed by atoms with van der Waals surface area (Å²) in [5.74, 6) is -0.620. The number of hydrogen-bond acceptors (Lipinski definition) is 4. The summed E-state index contributed by atoms with van der Waals surface area (Å²) in [6.45, 7) is 3.85. The second kappa shape index (κ2) is 7.60. The van der Waals surface area contributed by atoms with Gasteiger partial charge in [-0.05, 0) is 54.8 Å². The molecule has 0 aliphatic rings. The number of fused-ring (bicyclic) bond motifs is 1. The van der Waals surface area contributed by atoms with Crippen LogP contribution in [0.25, 0.3) is 21.3 Å². The fourth-order valence-corrected chi connectivity index (χ4v) is 4.04. The minimum atomic E-state index is -0.321. The SMILES string of the molecule is Cc1ccc(NC(=O)Cn2cnc3c(-c4ccc(F)cc4)csc3c2=O)cc1C. The Balaban J connectivity index is 1.59. The third-order valence-corrected chi connectivity index (χ3v) is 5.76. The number of thiophene rings is 1. The average molecular weight is 407 g/mol. The molecule has 0 atom stereocenters. The zero-order chi connectivity index (χ0) is 20.5. The maximum Gasteiger partial charge on any atom is 0.271 e. The Hall–Kier alpha value is -3.32. The molecule has 4 aromatic rings. The summed E-state index contributed by atoms with van der Waals surface area (Å²) in [5.41, 5.74) is 4.75. The lowest BCUT2D eigenvalue weighted by Crippen LogP contribution is -2.27. The van der Waals surface area contributed by atoms with Crippen LogP contribution in [0.4, 0.5) is 10.1 Å². The fourth-order valence-electron chi connectivity index (χ4n) is 3.06. The van der Waals surface area contributed by atoms with Gasteiger partial charge >= 0.3 is 0 Å². The molecule has 0 spiro atoms. The van der Waals surface area contributed by atoms with E-state index in [1.807, 2.05) is 37.4 Å². The molecule has 0 fully saturated rings. The van der Waals surface area contributed by atoms with Gasteiger partial charge in [0.05, 0.1) is 11.8 Å². The molecule has 5 nitrogen and oxygen atoms in total. The van der Waals surface area contributed by atoms with Crippen molar-refractivity contribution in [3.63, 3.8) is 0 Å². The van der Waals surface area contributed by atoms with E-state index in [1.54, 1.807) is 12.1 Å². The number of nitrogens with zero attached hydrogens (tertiary/aromatic N) is 2. The molecule has 146 valence electrons. The second-order valence-electron chi connectivity index (χ2n) is 6.86. The number of carbonyl (C=O) groups excluding carboxylic acids is 1. The van der Waals surface area contributed by atoms with Crippen molar-refractivity contribution in [2.45, 2.75) is 20.4 Å². The van der Waals surface area contributed by atoms with E-state index in [9.17, 15) is 14.0 Å². The van der Waals surface area contributed by atoms with Crippen LogP contribution < -0.4 is 10.9 Å². The first kappa shape index (κ1) is 19.0. The van der Waals surface area contributed by atoms with Gasteiger partial charge in [-0.15, -0.1) is 11.3 Å². The molecule has 0 bridgehead atoms. The molecule has 2 heterocycles. The molecule has 7 heteroatoms. The first-order valence-electron chi connectivity index (χ1n) is 9.02. The van der Waals surface area contributed by atoms with Crippen LogP contribution in [-0.4, -0.2) is 15.5 Å². The lowest BCUT2D eigenvalue weighted by molar-refractivity contribution is -0.116. The summed E-state index contributed by atoms with van der Waals surface area (Å²) >= 11 is 1.27. The van der Waals surface area contributed by atoms with Gasteiger partial charge < -0.3 is 5.32 Å². The molecule has 0 saturated carbocycles. The molecule has 29 heavy (non-hydrogen) atoms. The number of benzene rings is 2. The molecule has 2 aromatic heterocycles. The van der Waals surface area contributed by atoms with Crippen LogP contribution in [0, 0.1) is 19.7 Å². The van der Waals surface area contributed by atoms with Gasteiger partial charge in [0.15, 0.2) is 0 Å². The van der Waals surface area contributed by atoms with Gasteiger partial charge in [-0.25, -0.2) is 9.37 Å². The molecule has 4 rings (SSSR count). The van der Waals surface area contributed by atoms with Gasteiger partial charge in [0, 0.05) is 16.6 Å². The predicted molar refractivity (Wildman–Crippen MR) is 114 cm³/mol. The highest BCUT2D eigenvalue weighted by atomic mass is 32.1. The molecule has 1 amide bonds. The maximum absolute atomic E-state index is 13.2. The van der Waals surface area contributed by atoms with E-state index in [0.717, 1.165) is 22.3 Å². The van der Waals surface area contributed by atoms with Crippen LogP contribution in [0.3, 0.4) is 0 Å². The molecular formula is C22H18FN3O2S. The van der Waals surface area contributed by atoms with Gasteiger partial charge in [0.25, 0.3) is 5.56 Å². The zero-order valence-corrected chi connectivity index (χ0v) is 16.7. The first-order valence-corrected chi connectivity index (χ1v) is 9.90. The predicted octanol–water partition coefficient (Wildman–Crippen LogP) is 4.52. The molecule has 0 saturated heterocycles. The topological polar surface area (TPSA) is 64.0 Å². The van der Waals surface area contributed by atoms with Crippen molar-refractivity contribution >= 4 is 33.1 Å². The van der Waals surface area contributed by atoms with Crippen molar-refractivity contribution < 1.29 is 9.18 Å². The Morgan fingerprint density at radius 2 is 1.90 bits per heavy atom. The quantitative estimate of drug-likeness (QED) is 0.541. The van der Waals surface area contributed by atoms with E-state index in [1.165, 1.54) is 34.4 Å². The molecule has 0 radical (unpaired) electrons. The van der Waals surface area contributed by atoms with Crippen LogP contribution in [0.2, 0.25) is 0 Å². The van der Waals surface area contributed by atoms with Crippen molar-refractivity contribution in [2.24, 2.45) is 0 Å². The molecule has 2 aromatic carbocycles. The Kier molecular flexibility index (Phi) is 4.98. The Morgan fingerprint density at radius 3 is 2.62 bits per heavy atom. The number of aryl methyl sites for hydroxylation is 2. The van der Waals surface area contributed by atoms with Crippen LogP contribution >= 0.6 is 11.3 Å². The monoisotopic (exact) mass is 407 g/mol. The highest BCUT2D eigenvalue weighted by Crippen LogP contribution is 2.30. The minimum absolute atomic E-state index is 0.127. The molecule has 0 aliphatic carbocycles.